The Balaban J connectivity index is 2.63. The van der Waals surface area contributed by atoms with Crippen LogP contribution in [0.25, 0.3) is 0 Å². The fourth-order valence-corrected chi connectivity index (χ4v) is 1.64. The molecule has 0 heterocycles. The Hall–Kier alpha value is -1.71. The zero-order valence-electron chi connectivity index (χ0n) is 11.5. The van der Waals surface area contributed by atoms with E-state index in [-0.39, 0.29) is 0 Å². The molecule has 0 aliphatic rings. The van der Waals surface area contributed by atoms with Crippen molar-refractivity contribution in [1.29, 1.82) is 0 Å². The molecule has 0 bridgehead atoms. The van der Waals surface area contributed by atoms with Crippen LogP contribution < -0.4 is 11.1 Å². The average molecular weight is 250 g/mol. The van der Waals surface area contributed by atoms with E-state index in [1.54, 1.807) is 0 Å². The van der Waals surface area contributed by atoms with Gasteiger partial charge in [-0.1, -0.05) is 13.0 Å². The quantitative estimate of drug-likeness (QED) is 0.811. The summed E-state index contributed by atoms with van der Waals surface area (Å²) in [6.45, 7) is 8.02. The van der Waals surface area contributed by atoms with Gasteiger partial charge in [-0.25, -0.2) is 4.79 Å². The fourth-order valence-electron chi connectivity index (χ4n) is 1.64. The normalized spacial score (nSPS) is 11.1. The zero-order valence-corrected chi connectivity index (χ0v) is 11.5. The number of alkyl carbamates (subject to hydrolysis) is 1. The van der Waals surface area contributed by atoms with Gasteiger partial charge < -0.3 is 15.8 Å². The predicted molar refractivity (Wildman–Crippen MR) is 73.3 cm³/mol. The molecule has 1 amide bonds. The lowest BCUT2D eigenvalue weighted by atomic mass is 10.0. The van der Waals surface area contributed by atoms with Crippen LogP contribution in [0.3, 0.4) is 0 Å². The summed E-state index contributed by atoms with van der Waals surface area (Å²) in [5.41, 5.74) is 8.18. The van der Waals surface area contributed by atoms with Crippen molar-refractivity contribution in [3.05, 3.63) is 29.3 Å². The maximum Gasteiger partial charge on any atom is 0.407 e. The van der Waals surface area contributed by atoms with E-state index in [0.717, 1.165) is 12.0 Å². The molecule has 4 heteroatoms. The molecule has 0 radical (unpaired) electrons. The van der Waals surface area contributed by atoms with Gasteiger partial charge in [-0.3, -0.25) is 0 Å². The summed E-state index contributed by atoms with van der Waals surface area (Å²) in [5, 5.41) is 2.74. The standard InChI is InChI=1S/C14H22N2O2/c1-5-10-6-7-12(15)8-11(10)9-16-13(17)18-14(2,3)4/h6-8H,5,9,15H2,1-4H3,(H,16,17). The van der Waals surface area contributed by atoms with Crippen molar-refractivity contribution in [2.45, 2.75) is 46.3 Å². The maximum atomic E-state index is 11.6. The number of nitrogen functional groups attached to an aromatic ring is 1. The van der Waals surface area contributed by atoms with Gasteiger partial charge >= 0.3 is 6.09 Å². The molecule has 0 spiro atoms. The molecule has 0 atom stereocenters. The van der Waals surface area contributed by atoms with Gasteiger partial charge in [-0.05, 0) is 50.5 Å². The van der Waals surface area contributed by atoms with Gasteiger partial charge in [-0.15, -0.1) is 0 Å². The first kappa shape index (κ1) is 14.4. The molecule has 1 aromatic carbocycles. The molecule has 18 heavy (non-hydrogen) atoms. The van der Waals surface area contributed by atoms with E-state index in [0.29, 0.717) is 12.2 Å². The minimum absolute atomic E-state index is 0.410. The minimum Gasteiger partial charge on any atom is -0.444 e. The summed E-state index contributed by atoms with van der Waals surface area (Å²) in [6.07, 6.45) is 0.498. The third-order valence-corrected chi connectivity index (χ3v) is 2.43. The van der Waals surface area contributed by atoms with Gasteiger partial charge in [0.25, 0.3) is 0 Å². The number of amides is 1. The van der Waals surface area contributed by atoms with Crippen molar-refractivity contribution < 1.29 is 9.53 Å². The molecule has 4 nitrogen and oxygen atoms in total. The second-order valence-corrected chi connectivity index (χ2v) is 5.24. The van der Waals surface area contributed by atoms with E-state index in [2.05, 4.69) is 12.2 Å². The second kappa shape index (κ2) is 5.76. The van der Waals surface area contributed by atoms with Crippen LogP contribution in [0.4, 0.5) is 10.5 Å². The van der Waals surface area contributed by atoms with Crippen LogP contribution in [-0.4, -0.2) is 11.7 Å². The largest absolute Gasteiger partial charge is 0.444 e. The Bertz CT molecular complexity index is 422. The summed E-state index contributed by atoms with van der Waals surface area (Å²) in [4.78, 5) is 11.6. The highest BCUT2D eigenvalue weighted by molar-refractivity contribution is 5.67. The lowest BCUT2D eigenvalue weighted by molar-refractivity contribution is 0.0523. The SMILES string of the molecule is CCc1ccc(N)cc1CNC(=O)OC(C)(C)C. The van der Waals surface area contributed by atoms with E-state index in [1.165, 1.54) is 5.56 Å². The van der Waals surface area contributed by atoms with Crippen molar-refractivity contribution in [2.75, 3.05) is 5.73 Å². The number of rotatable bonds is 3. The van der Waals surface area contributed by atoms with E-state index >= 15 is 0 Å². The lowest BCUT2D eigenvalue weighted by Crippen LogP contribution is -2.32. The third-order valence-electron chi connectivity index (χ3n) is 2.43. The summed E-state index contributed by atoms with van der Waals surface area (Å²) in [7, 11) is 0. The molecule has 1 rings (SSSR count). The minimum atomic E-state index is -0.479. The number of benzene rings is 1. The highest BCUT2D eigenvalue weighted by Gasteiger charge is 2.15. The van der Waals surface area contributed by atoms with Crippen LogP contribution in [-0.2, 0) is 17.7 Å². The predicted octanol–water partition coefficient (Wildman–Crippen LogP) is 2.86. The van der Waals surface area contributed by atoms with Crippen LogP contribution in [0.5, 0.6) is 0 Å². The van der Waals surface area contributed by atoms with Crippen molar-refractivity contribution in [1.82, 2.24) is 5.32 Å². The molecule has 0 saturated heterocycles. The fraction of sp³-hybridized carbons (Fsp3) is 0.500. The molecular formula is C14H22N2O2. The molecular weight excluding hydrogens is 228 g/mol. The van der Waals surface area contributed by atoms with Gasteiger partial charge in [0.2, 0.25) is 0 Å². The molecule has 100 valence electrons. The van der Waals surface area contributed by atoms with Crippen LogP contribution in [0.2, 0.25) is 0 Å². The number of ether oxygens (including phenoxy) is 1. The van der Waals surface area contributed by atoms with Crippen molar-refractivity contribution in [3.8, 4) is 0 Å². The van der Waals surface area contributed by atoms with Gasteiger partial charge in [0.1, 0.15) is 5.60 Å². The van der Waals surface area contributed by atoms with Gasteiger partial charge in [0.05, 0.1) is 0 Å². The molecule has 0 fully saturated rings. The Kier molecular flexibility index (Phi) is 4.59. The molecule has 0 aliphatic carbocycles. The molecule has 0 unspecified atom stereocenters. The Morgan fingerprint density at radius 2 is 2.00 bits per heavy atom. The van der Waals surface area contributed by atoms with E-state index in [1.807, 2.05) is 39.0 Å². The highest BCUT2D eigenvalue weighted by Crippen LogP contribution is 2.14. The molecule has 0 saturated carbocycles. The van der Waals surface area contributed by atoms with Crippen LogP contribution in [0.1, 0.15) is 38.8 Å². The van der Waals surface area contributed by atoms with Crippen molar-refractivity contribution in [2.24, 2.45) is 0 Å². The zero-order chi connectivity index (χ0) is 13.8. The van der Waals surface area contributed by atoms with Gasteiger partial charge in [-0.2, -0.15) is 0 Å². The Morgan fingerprint density at radius 1 is 1.33 bits per heavy atom. The highest BCUT2D eigenvalue weighted by atomic mass is 16.6. The lowest BCUT2D eigenvalue weighted by Gasteiger charge is -2.20. The molecule has 0 aliphatic heterocycles. The number of nitrogens with one attached hydrogen (secondary N) is 1. The first-order valence-electron chi connectivity index (χ1n) is 6.16. The number of anilines is 1. The van der Waals surface area contributed by atoms with Gasteiger partial charge in [0, 0.05) is 12.2 Å². The van der Waals surface area contributed by atoms with E-state index in [4.69, 9.17) is 10.5 Å². The smallest absolute Gasteiger partial charge is 0.407 e. The number of aryl methyl sites for hydroxylation is 1. The van der Waals surface area contributed by atoms with Crippen LogP contribution >= 0.6 is 0 Å². The Labute approximate surface area is 109 Å². The summed E-state index contributed by atoms with van der Waals surface area (Å²) >= 11 is 0. The number of hydrogen-bond donors (Lipinski definition) is 2. The van der Waals surface area contributed by atoms with E-state index in [9.17, 15) is 4.79 Å². The number of nitrogens with two attached hydrogens (primary N) is 1. The molecule has 3 N–H and O–H groups in total. The van der Waals surface area contributed by atoms with Crippen LogP contribution in [0.15, 0.2) is 18.2 Å². The van der Waals surface area contributed by atoms with Crippen LogP contribution in [0, 0.1) is 0 Å². The van der Waals surface area contributed by atoms with E-state index < -0.39 is 11.7 Å². The second-order valence-electron chi connectivity index (χ2n) is 5.24. The summed E-state index contributed by atoms with van der Waals surface area (Å²) < 4.78 is 5.18. The van der Waals surface area contributed by atoms with Gasteiger partial charge in [0.15, 0.2) is 0 Å². The number of carbonyl (C=O) groups is 1. The molecule has 0 aromatic heterocycles. The monoisotopic (exact) mass is 250 g/mol. The number of hydrogen-bond acceptors (Lipinski definition) is 3. The van der Waals surface area contributed by atoms with Crippen molar-refractivity contribution in [3.63, 3.8) is 0 Å². The third kappa shape index (κ3) is 4.65. The first-order valence-corrected chi connectivity index (χ1v) is 6.16. The molecule has 1 aromatic rings. The maximum absolute atomic E-state index is 11.6. The summed E-state index contributed by atoms with van der Waals surface area (Å²) in [5.74, 6) is 0. The van der Waals surface area contributed by atoms with Crippen molar-refractivity contribution >= 4 is 11.8 Å². The topological polar surface area (TPSA) is 64.3 Å². The summed E-state index contributed by atoms with van der Waals surface area (Å²) in [6, 6.07) is 5.74. The number of carbonyl (C=O) groups excluding carboxylic acids is 1. The Morgan fingerprint density at radius 3 is 2.56 bits per heavy atom. The first-order chi connectivity index (χ1) is 8.31. The average Bonchev–Trinajstić information content (AvgIpc) is 2.24.